The van der Waals surface area contributed by atoms with Crippen LogP contribution >= 0.6 is 0 Å². The second-order valence-electron chi connectivity index (χ2n) is 25.1. The molecule has 100 heavy (non-hydrogen) atoms. The van der Waals surface area contributed by atoms with Gasteiger partial charge in [-0.3, -0.25) is 43.3 Å². The highest BCUT2D eigenvalue weighted by Crippen LogP contribution is 2.43. The first-order chi connectivity index (χ1) is 48.1. The lowest BCUT2D eigenvalue weighted by Crippen LogP contribution is -2.56. The van der Waals surface area contributed by atoms with Gasteiger partial charge in [0.15, 0.2) is 17.1 Å². The van der Waals surface area contributed by atoms with E-state index in [0.717, 1.165) is 6.42 Å². The van der Waals surface area contributed by atoms with Crippen LogP contribution < -0.4 is 46.9 Å². The highest BCUT2D eigenvalue weighted by Gasteiger charge is 2.46. The molecule has 0 aliphatic carbocycles. The molecule has 0 bridgehead atoms. The van der Waals surface area contributed by atoms with E-state index in [1.807, 2.05) is 0 Å². The van der Waals surface area contributed by atoms with Crippen LogP contribution in [0.1, 0.15) is 115 Å². The third-order valence-electron chi connectivity index (χ3n) is 16.3. The van der Waals surface area contributed by atoms with Gasteiger partial charge in [-0.1, -0.05) is 27.2 Å². The number of unbranched alkanes of at least 4 members (excludes halogenated alkanes) is 2. The van der Waals surface area contributed by atoms with Crippen molar-refractivity contribution in [1.82, 2.24) is 46.4 Å². The third-order valence-corrected chi connectivity index (χ3v) is 16.3. The Morgan fingerprint density at radius 3 is 1.81 bits per heavy atom. The zero-order valence-electron chi connectivity index (χ0n) is 58.0. The van der Waals surface area contributed by atoms with E-state index in [0.29, 0.717) is 163 Å². The zero-order chi connectivity index (χ0) is 72.0. The second kappa shape index (κ2) is 40.3. The average molecular weight is 1410 g/mol. The Kier molecular flexibility index (Phi) is 31.9. The summed E-state index contributed by atoms with van der Waals surface area (Å²) in [5.74, 6) is -3.53. The van der Waals surface area contributed by atoms with Crippen molar-refractivity contribution < 1.29 is 105 Å². The van der Waals surface area contributed by atoms with E-state index in [1.54, 1.807) is 59.7 Å². The molecule has 0 radical (unpaired) electrons. The van der Waals surface area contributed by atoms with E-state index >= 15 is 0 Å². The molecule has 0 spiro atoms. The number of fused-ring (bicyclic) bond motifs is 6. The number of pyridine rings is 2. The number of amides is 8. The molecule has 32 nitrogen and oxygen atoms in total. The number of aromatic nitrogens is 2. The van der Waals surface area contributed by atoms with Crippen LogP contribution in [0, 0.1) is 5.92 Å². The number of aliphatic hydroxyl groups is 1. The molecule has 7 N–H and O–H groups in total. The Bertz CT molecular complexity index is 3370. The number of hydrogen-bond donors (Lipinski definition) is 7. The van der Waals surface area contributed by atoms with Crippen LogP contribution in [-0.4, -0.2) is 229 Å². The van der Waals surface area contributed by atoms with Crippen molar-refractivity contribution in [3.63, 3.8) is 0 Å². The van der Waals surface area contributed by atoms with E-state index in [1.165, 1.54) is 21.6 Å². The lowest BCUT2D eigenvalue weighted by Gasteiger charge is -2.31. The number of imide groups is 1. The van der Waals surface area contributed by atoms with Crippen LogP contribution in [0.2, 0.25) is 0 Å². The minimum Gasteiger partial charge on any atom is -0.458 e. The molecule has 32 heteroatoms. The van der Waals surface area contributed by atoms with Gasteiger partial charge in [-0.2, -0.15) is 0 Å². The number of benzene rings is 1. The molecular formula is C68H97N9O23. The number of nitrogens with one attached hydrogen (secondary N) is 6. The number of cyclic esters (lactones) is 1. The highest BCUT2D eigenvalue weighted by atomic mass is 16.7. The smallest absolute Gasteiger partial charge is 0.407 e. The molecule has 0 fully saturated rings. The van der Waals surface area contributed by atoms with Crippen LogP contribution in [0.4, 0.5) is 4.79 Å². The molecule has 2 aromatic heterocycles. The Morgan fingerprint density at radius 1 is 0.630 bits per heavy atom. The first-order valence-corrected chi connectivity index (χ1v) is 34.0. The Labute approximate surface area is 580 Å². The molecule has 3 aromatic rings. The maximum absolute atomic E-state index is 14.1. The van der Waals surface area contributed by atoms with Gasteiger partial charge < -0.3 is 98.4 Å². The van der Waals surface area contributed by atoms with E-state index in [2.05, 4.69) is 31.9 Å². The van der Waals surface area contributed by atoms with Crippen molar-refractivity contribution in [2.75, 3.05) is 139 Å². The predicted octanol–water partition coefficient (Wildman–Crippen LogP) is 1.60. The lowest BCUT2D eigenvalue weighted by atomic mass is 9.86. The number of hydrogen-bond acceptors (Lipinski definition) is 24. The topological polar surface area (TPSA) is 395 Å². The second-order valence-corrected chi connectivity index (χ2v) is 25.1. The van der Waals surface area contributed by atoms with E-state index < -0.39 is 77.0 Å². The van der Waals surface area contributed by atoms with Crippen molar-refractivity contribution >= 4 is 64.3 Å². The van der Waals surface area contributed by atoms with Crippen molar-refractivity contribution in [2.45, 2.75) is 136 Å². The fourth-order valence-corrected chi connectivity index (χ4v) is 11.0. The summed E-state index contributed by atoms with van der Waals surface area (Å²) in [6, 6.07) is 2.71. The number of nitrogens with zero attached hydrogens (tertiary/aromatic N) is 3. The Balaban J connectivity index is 0.730. The van der Waals surface area contributed by atoms with Gasteiger partial charge in [-0.25, -0.2) is 14.6 Å². The molecule has 0 saturated heterocycles. The number of rotatable bonds is 47. The zero-order valence-corrected chi connectivity index (χ0v) is 58.0. The minimum absolute atomic E-state index is 0.0123. The molecule has 6 heterocycles. The number of alkyl carbamates (subject to hydrolysis) is 1. The van der Waals surface area contributed by atoms with E-state index in [9.17, 15) is 53.1 Å². The largest absolute Gasteiger partial charge is 0.458 e. The van der Waals surface area contributed by atoms with Crippen LogP contribution in [-0.2, 0) is 111 Å². The number of ether oxygens (including phenoxy) is 12. The Hall–Kier alpha value is -8.21. The lowest BCUT2D eigenvalue weighted by molar-refractivity contribution is -0.172. The van der Waals surface area contributed by atoms with Gasteiger partial charge in [-0.15, -0.1) is 0 Å². The van der Waals surface area contributed by atoms with Gasteiger partial charge in [0.2, 0.25) is 36.3 Å². The number of esters is 1. The van der Waals surface area contributed by atoms with Gasteiger partial charge in [0.25, 0.3) is 17.4 Å². The fourth-order valence-electron chi connectivity index (χ4n) is 11.0. The minimum atomic E-state index is -2.05. The molecular weight excluding hydrogens is 1310 g/mol. The van der Waals surface area contributed by atoms with E-state index in [4.69, 9.17) is 61.8 Å². The molecule has 0 unspecified atom stereocenters. The highest BCUT2D eigenvalue weighted by molar-refractivity contribution is 6.12. The van der Waals surface area contributed by atoms with Gasteiger partial charge in [0.05, 0.1) is 141 Å². The van der Waals surface area contributed by atoms with Gasteiger partial charge in [-0.05, 0) is 76.5 Å². The van der Waals surface area contributed by atoms with Crippen molar-refractivity contribution in [1.29, 1.82) is 0 Å². The predicted molar refractivity (Wildman–Crippen MR) is 356 cm³/mol. The molecule has 1 aromatic carbocycles. The Morgan fingerprint density at radius 2 is 1.22 bits per heavy atom. The van der Waals surface area contributed by atoms with Crippen LogP contribution in [0.5, 0.6) is 11.5 Å². The average Bonchev–Trinajstić information content (AvgIpc) is 1.52. The maximum Gasteiger partial charge on any atom is 0.407 e. The van der Waals surface area contributed by atoms with E-state index in [-0.39, 0.29) is 107 Å². The van der Waals surface area contributed by atoms with Gasteiger partial charge in [0.1, 0.15) is 24.3 Å². The van der Waals surface area contributed by atoms with Crippen LogP contribution in [0.3, 0.4) is 0 Å². The maximum atomic E-state index is 14.1. The van der Waals surface area contributed by atoms with Crippen LogP contribution in [0.25, 0.3) is 22.3 Å². The quantitative estimate of drug-likeness (QED) is 0.0188. The fraction of sp³-hybridized carbons (Fsp3) is 0.632. The summed E-state index contributed by atoms with van der Waals surface area (Å²) in [6.45, 7) is 15.5. The van der Waals surface area contributed by atoms with Gasteiger partial charge >= 0.3 is 12.1 Å². The molecule has 8 amide bonds. The molecule has 4 aliphatic rings. The third kappa shape index (κ3) is 24.3. The van der Waals surface area contributed by atoms with Crippen molar-refractivity contribution in [3.05, 3.63) is 63.0 Å². The summed E-state index contributed by atoms with van der Waals surface area (Å²) in [5.41, 5.74) is -0.642. The number of carbonyl (C=O) groups is 9. The number of carbonyl (C=O) groups excluding carboxylic acids is 9. The molecule has 552 valence electrons. The molecule has 4 aliphatic heterocycles. The summed E-state index contributed by atoms with van der Waals surface area (Å²) >= 11 is 0. The standard InChI is InChI=1S/C68H97N9O23/c1-7-68(88)49-37-52-61-47(41-77(52)64(85)48(49)42-97-65(68)86)46(45-36-53-54(99-43-98-53)38-51(45)73-61)39-71-57(80)40-72-62(83)50(12-11-17-70-66(87)100-67(4,5)6)74-63(84)60(44(2)3)75-56(79)16-20-89-22-24-91-26-28-93-30-32-95-34-35-96-33-31-94-29-27-92-25-23-90-21-18-69-55(78)13-9-8-10-19-76-58(81)14-15-59(76)82/h14-15,36-38,44,50,60,88H,7-13,16-35,39-43H2,1-6H3,(H,69,78)(H,70,87)(H,71,80)(H,72,83)(H,74,84)(H,75,79)/t50-,60-,68-/m0/s1. The van der Waals surface area contributed by atoms with Crippen molar-refractivity contribution in [3.8, 4) is 22.9 Å². The SMILES string of the molecule is CC[C@@]1(O)C(=O)OCc2c1cc1n(c2=O)Cc2c-1nc1cc3c(cc1c2CNC(=O)CNC(=O)[C@H](CCCNC(=O)OC(C)(C)C)NC(=O)[C@@H](NC(=O)CCOCCOCCOCCOCCOCCOCCOCCOCCNC(=O)CCCCCN1C(=O)C=CC1=O)C(C)C)OCO3. The van der Waals surface area contributed by atoms with Crippen LogP contribution in [0.15, 0.2) is 35.1 Å². The van der Waals surface area contributed by atoms with Gasteiger partial charge in [0, 0.05) is 73.8 Å². The molecule has 0 saturated carbocycles. The first-order valence-electron chi connectivity index (χ1n) is 34.0. The monoisotopic (exact) mass is 1410 g/mol. The normalized spacial score (nSPS) is 15.7. The molecule has 7 rings (SSSR count). The summed E-state index contributed by atoms with van der Waals surface area (Å²) in [6.07, 6.45) is 4.37. The van der Waals surface area contributed by atoms with Crippen molar-refractivity contribution in [2.24, 2.45) is 5.92 Å². The summed E-state index contributed by atoms with van der Waals surface area (Å²) < 4.78 is 67.7. The summed E-state index contributed by atoms with van der Waals surface area (Å²) in [7, 11) is 0. The first kappa shape index (κ1) is 79.1. The molecule has 3 atom stereocenters. The summed E-state index contributed by atoms with van der Waals surface area (Å²) in [5, 5.41) is 28.4. The summed E-state index contributed by atoms with van der Waals surface area (Å²) in [4.78, 5) is 135.